The molecule has 1 nitrogen and oxygen atoms in total. The smallest absolute Gasteiger partial charge is 0.00763 e. The van der Waals surface area contributed by atoms with Crippen LogP contribution >= 0.6 is 0 Å². The molecule has 0 heterocycles. The van der Waals surface area contributed by atoms with Crippen molar-refractivity contribution in [2.24, 2.45) is 22.5 Å². The molecule has 3 atom stereocenters. The summed E-state index contributed by atoms with van der Waals surface area (Å²) in [5.41, 5.74) is 7.20. The van der Waals surface area contributed by atoms with Gasteiger partial charge in [0.25, 0.3) is 0 Å². The van der Waals surface area contributed by atoms with Gasteiger partial charge in [-0.3, -0.25) is 0 Å². The summed E-state index contributed by atoms with van der Waals surface area (Å²) >= 11 is 0. The monoisotopic (exact) mass is 223 g/mol. The molecular weight excluding hydrogens is 194 g/mol. The first-order chi connectivity index (χ1) is 7.43. The minimum Gasteiger partial charge on any atom is -0.327 e. The van der Waals surface area contributed by atoms with Gasteiger partial charge >= 0.3 is 0 Å². The summed E-state index contributed by atoms with van der Waals surface area (Å²) in [5.74, 6) is 0.835. The van der Waals surface area contributed by atoms with Crippen molar-refractivity contribution in [3.05, 3.63) is 0 Å². The maximum absolute atomic E-state index is 6.08. The Balaban J connectivity index is 2.01. The molecule has 0 amide bonds. The van der Waals surface area contributed by atoms with Gasteiger partial charge in [0.05, 0.1) is 0 Å². The Bertz CT molecular complexity index is 246. The predicted octanol–water partition coefficient (Wildman–Crippen LogP) is 4.11. The molecule has 2 fully saturated rings. The molecule has 0 aromatic carbocycles. The lowest BCUT2D eigenvalue weighted by Crippen LogP contribution is -2.25. The molecule has 1 heteroatoms. The molecule has 3 unspecified atom stereocenters. The van der Waals surface area contributed by atoms with E-state index in [1.807, 2.05) is 0 Å². The van der Waals surface area contributed by atoms with Gasteiger partial charge in [-0.1, -0.05) is 40.0 Å². The van der Waals surface area contributed by atoms with Crippen LogP contribution in [0.1, 0.15) is 72.1 Å². The molecule has 0 aliphatic heterocycles. The van der Waals surface area contributed by atoms with Crippen LogP contribution in [-0.2, 0) is 0 Å². The van der Waals surface area contributed by atoms with Gasteiger partial charge in [0.1, 0.15) is 0 Å². The summed E-state index contributed by atoms with van der Waals surface area (Å²) in [4.78, 5) is 0. The Morgan fingerprint density at radius 2 is 1.50 bits per heavy atom. The van der Waals surface area contributed by atoms with E-state index >= 15 is 0 Å². The Morgan fingerprint density at radius 3 is 2.12 bits per heavy atom. The van der Waals surface area contributed by atoms with E-state index in [1.54, 1.807) is 0 Å². The molecule has 0 radical (unpaired) electrons. The highest BCUT2D eigenvalue weighted by Crippen LogP contribution is 2.52. The van der Waals surface area contributed by atoms with Crippen molar-refractivity contribution in [2.75, 3.05) is 0 Å². The normalized spacial score (nSPS) is 44.2. The summed E-state index contributed by atoms with van der Waals surface area (Å²) in [6.07, 6.45) is 11.2. The van der Waals surface area contributed by atoms with Gasteiger partial charge in [-0.25, -0.2) is 0 Å². The first-order valence-electron chi connectivity index (χ1n) is 7.19. The highest BCUT2D eigenvalue weighted by molar-refractivity contribution is 5.01. The topological polar surface area (TPSA) is 26.0 Å². The predicted molar refractivity (Wildman–Crippen MR) is 70.3 cm³/mol. The fraction of sp³-hybridized carbons (Fsp3) is 1.00. The van der Waals surface area contributed by atoms with Crippen molar-refractivity contribution < 1.29 is 0 Å². The van der Waals surface area contributed by atoms with Crippen molar-refractivity contribution in [3.8, 4) is 0 Å². The third kappa shape index (κ3) is 2.80. The van der Waals surface area contributed by atoms with Crippen LogP contribution in [0.2, 0.25) is 0 Å². The van der Waals surface area contributed by atoms with Crippen molar-refractivity contribution >= 4 is 0 Å². The summed E-state index contributed by atoms with van der Waals surface area (Å²) in [7, 11) is 0. The first kappa shape index (κ1) is 12.4. The van der Waals surface area contributed by atoms with E-state index in [1.165, 1.54) is 51.4 Å². The fourth-order valence-electron chi connectivity index (χ4n) is 3.57. The van der Waals surface area contributed by atoms with Crippen LogP contribution in [0, 0.1) is 16.7 Å². The average Bonchev–Trinajstić information content (AvgIpc) is 2.91. The Kier molecular flexibility index (Phi) is 3.36. The Labute approximate surface area is 101 Å². The fourth-order valence-corrected chi connectivity index (χ4v) is 3.57. The molecule has 94 valence electrons. The summed E-state index contributed by atoms with van der Waals surface area (Å²) in [5, 5.41) is 0. The molecule has 2 N–H and O–H groups in total. The maximum Gasteiger partial charge on any atom is 0.00763 e. The lowest BCUT2D eigenvalue weighted by molar-refractivity contribution is 0.179. The van der Waals surface area contributed by atoms with E-state index in [9.17, 15) is 0 Å². The minimum absolute atomic E-state index is 0.522. The van der Waals surface area contributed by atoms with Gasteiger partial charge in [0, 0.05) is 6.04 Å². The molecule has 2 rings (SSSR count). The molecular formula is C15H29N. The van der Waals surface area contributed by atoms with Crippen LogP contribution in [0.3, 0.4) is 0 Å². The van der Waals surface area contributed by atoms with E-state index < -0.39 is 0 Å². The van der Waals surface area contributed by atoms with Crippen molar-refractivity contribution in [1.82, 2.24) is 0 Å². The molecule has 2 aliphatic rings. The highest BCUT2D eigenvalue weighted by atomic mass is 14.8. The van der Waals surface area contributed by atoms with E-state index in [2.05, 4.69) is 20.8 Å². The lowest BCUT2D eigenvalue weighted by atomic mass is 9.72. The standard InChI is InChI=1S/C15H29N/c1-14(2)7-5-4-6-8-15(3,10-9-14)12-11-13(12)16/h12-13H,4-11,16H2,1-3H3. The second-order valence-electron chi connectivity index (χ2n) is 7.38. The number of rotatable bonds is 1. The van der Waals surface area contributed by atoms with Crippen LogP contribution in [0.15, 0.2) is 0 Å². The minimum atomic E-state index is 0.522. The van der Waals surface area contributed by atoms with Crippen molar-refractivity contribution in [2.45, 2.75) is 78.2 Å². The average molecular weight is 223 g/mol. The summed E-state index contributed by atoms with van der Waals surface area (Å²) in [6.45, 7) is 7.41. The summed E-state index contributed by atoms with van der Waals surface area (Å²) in [6, 6.07) is 0.522. The van der Waals surface area contributed by atoms with E-state index in [0.717, 1.165) is 5.92 Å². The van der Waals surface area contributed by atoms with Crippen LogP contribution in [0.5, 0.6) is 0 Å². The third-order valence-corrected chi connectivity index (χ3v) is 5.21. The molecule has 16 heavy (non-hydrogen) atoms. The van der Waals surface area contributed by atoms with Crippen LogP contribution in [0.4, 0.5) is 0 Å². The SMILES string of the molecule is CC1(C)CCCCCC(C)(C2CC2N)CC1. The van der Waals surface area contributed by atoms with Gasteiger partial charge in [-0.2, -0.15) is 0 Å². The lowest BCUT2D eigenvalue weighted by Gasteiger charge is -2.33. The highest BCUT2D eigenvalue weighted by Gasteiger charge is 2.47. The van der Waals surface area contributed by atoms with Gasteiger partial charge in [-0.15, -0.1) is 0 Å². The number of hydrogen-bond acceptors (Lipinski definition) is 1. The van der Waals surface area contributed by atoms with Crippen molar-refractivity contribution in [1.29, 1.82) is 0 Å². The Hall–Kier alpha value is -0.0400. The van der Waals surface area contributed by atoms with E-state index in [-0.39, 0.29) is 0 Å². The second-order valence-corrected chi connectivity index (χ2v) is 7.38. The maximum atomic E-state index is 6.08. The molecule has 0 saturated heterocycles. The molecule has 2 saturated carbocycles. The quantitative estimate of drug-likeness (QED) is 0.711. The first-order valence-corrected chi connectivity index (χ1v) is 7.19. The molecule has 0 bridgehead atoms. The van der Waals surface area contributed by atoms with Crippen molar-refractivity contribution in [3.63, 3.8) is 0 Å². The zero-order valence-corrected chi connectivity index (χ0v) is 11.4. The second kappa shape index (κ2) is 4.33. The summed E-state index contributed by atoms with van der Waals surface area (Å²) < 4.78 is 0. The Morgan fingerprint density at radius 1 is 0.875 bits per heavy atom. The van der Waals surface area contributed by atoms with Gasteiger partial charge < -0.3 is 5.73 Å². The number of hydrogen-bond donors (Lipinski definition) is 1. The van der Waals surface area contributed by atoms with Crippen LogP contribution in [0.25, 0.3) is 0 Å². The van der Waals surface area contributed by atoms with E-state index in [4.69, 9.17) is 5.73 Å². The van der Waals surface area contributed by atoms with Gasteiger partial charge in [0.15, 0.2) is 0 Å². The zero-order chi connectivity index (χ0) is 11.8. The molecule has 0 aromatic heterocycles. The van der Waals surface area contributed by atoms with E-state index in [0.29, 0.717) is 16.9 Å². The van der Waals surface area contributed by atoms with Crippen LogP contribution < -0.4 is 5.73 Å². The molecule has 2 aliphatic carbocycles. The van der Waals surface area contributed by atoms with Gasteiger partial charge in [-0.05, 0) is 48.9 Å². The molecule has 0 aromatic rings. The zero-order valence-electron chi connectivity index (χ0n) is 11.4. The van der Waals surface area contributed by atoms with Crippen LogP contribution in [-0.4, -0.2) is 6.04 Å². The third-order valence-electron chi connectivity index (χ3n) is 5.21. The van der Waals surface area contributed by atoms with Gasteiger partial charge in [0.2, 0.25) is 0 Å². The number of nitrogens with two attached hydrogens (primary N) is 1. The largest absolute Gasteiger partial charge is 0.327 e. The molecule has 0 spiro atoms.